The van der Waals surface area contributed by atoms with E-state index in [0.29, 0.717) is 0 Å². The van der Waals surface area contributed by atoms with Gasteiger partial charge in [0.1, 0.15) is 0 Å². The zero-order valence-corrected chi connectivity index (χ0v) is 5.02. The van der Waals surface area contributed by atoms with Crippen LogP contribution >= 0.6 is 11.3 Å². The highest BCUT2D eigenvalue weighted by atomic mass is 32.1. The highest BCUT2D eigenvalue weighted by Crippen LogP contribution is 2.02. The number of rotatable bonds is 1. The van der Waals surface area contributed by atoms with E-state index in [1.165, 1.54) is 11.3 Å². The molecule has 0 aliphatic carbocycles. The second-order valence-corrected chi connectivity index (χ2v) is 2.11. The third-order valence-electron chi connectivity index (χ3n) is 0.659. The van der Waals surface area contributed by atoms with E-state index in [4.69, 9.17) is 0 Å². The minimum atomic E-state index is 0. The molecule has 0 saturated carbocycles. The van der Waals surface area contributed by atoms with Crippen LogP contribution in [0.5, 0.6) is 0 Å². The molecule has 0 spiro atoms. The Balaban J connectivity index is 0.000000490. The summed E-state index contributed by atoms with van der Waals surface area (Å²) in [6.45, 7) is 0. The normalized spacial score (nSPS) is 7.50. The summed E-state index contributed by atoms with van der Waals surface area (Å²) in [5, 5.41) is 1.88. The van der Waals surface area contributed by atoms with Gasteiger partial charge >= 0.3 is 0 Å². The van der Waals surface area contributed by atoms with Crippen molar-refractivity contribution < 1.29 is 4.79 Å². The van der Waals surface area contributed by atoms with E-state index < -0.39 is 0 Å². The first-order valence-corrected chi connectivity index (χ1v) is 2.80. The van der Waals surface area contributed by atoms with Crippen LogP contribution < -0.4 is 0 Å². The average molecular weight is 123 g/mol. The predicted molar refractivity (Wildman–Crippen MR) is 35.5 cm³/mol. The Morgan fingerprint density at radius 3 is 2.62 bits per heavy atom. The third-order valence-corrected chi connectivity index (χ3v) is 1.46. The second-order valence-electron chi connectivity index (χ2n) is 1.13. The number of hydrogen-bond acceptors (Lipinski definition) is 2. The van der Waals surface area contributed by atoms with Crippen LogP contribution in [0.1, 0.15) is 9.67 Å². The van der Waals surface area contributed by atoms with Crippen LogP contribution in [0.15, 0.2) is 17.5 Å². The van der Waals surface area contributed by atoms with Crippen LogP contribution in [-0.2, 0) is 0 Å². The molecule has 0 unspecified atom stereocenters. The van der Waals surface area contributed by atoms with Crippen LogP contribution in [0, 0.1) is 0 Å². The summed E-state index contributed by atoms with van der Waals surface area (Å²) in [5.74, 6) is 0. The minimum Gasteiger partial charge on any atom is -0.297 e. The molecule has 8 heavy (non-hydrogen) atoms. The maximum absolute atomic E-state index is 9.88. The van der Waals surface area contributed by atoms with Gasteiger partial charge in [0.05, 0.1) is 4.88 Å². The first-order chi connectivity index (χ1) is 3.43. The number of thiophene rings is 1. The molecule has 3 radical (unpaired) electrons. The molecule has 0 atom stereocenters. The van der Waals surface area contributed by atoms with Gasteiger partial charge in [0, 0.05) is 8.41 Å². The number of hydrogen-bond donors (Lipinski definition) is 0. The van der Waals surface area contributed by atoms with Crippen LogP contribution in [0.2, 0.25) is 0 Å². The number of aldehydes is 1. The fourth-order valence-corrected chi connectivity index (χ4v) is 0.885. The van der Waals surface area contributed by atoms with Crippen molar-refractivity contribution in [3.05, 3.63) is 22.4 Å². The number of carbonyl (C=O) groups excluding carboxylic acids is 1. The lowest BCUT2D eigenvalue weighted by Crippen LogP contribution is -1.61. The molecule has 1 nitrogen and oxygen atoms in total. The molecule has 0 N–H and O–H groups in total. The van der Waals surface area contributed by atoms with E-state index >= 15 is 0 Å². The molecule has 3 heteroatoms. The van der Waals surface area contributed by atoms with Gasteiger partial charge in [0.2, 0.25) is 0 Å². The van der Waals surface area contributed by atoms with E-state index in [1.54, 1.807) is 6.07 Å². The van der Waals surface area contributed by atoms with E-state index in [1.807, 2.05) is 11.4 Å². The van der Waals surface area contributed by atoms with Gasteiger partial charge in [0.15, 0.2) is 6.29 Å². The highest BCUT2D eigenvalue weighted by molar-refractivity contribution is 7.11. The Morgan fingerprint density at radius 2 is 2.38 bits per heavy atom. The fourth-order valence-electron chi connectivity index (χ4n) is 0.358. The van der Waals surface area contributed by atoms with Gasteiger partial charge in [-0.2, -0.15) is 0 Å². The molecule has 0 aromatic carbocycles. The summed E-state index contributed by atoms with van der Waals surface area (Å²) >= 11 is 1.45. The van der Waals surface area contributed by atoms with Crippen molar-refractivity contribution in [3.63, 3.8) is 0 Å². The maximum atomic E-state index is 9.88. The lowest BCUT2D eigenvalue weighted by Gasteiger charge is -1.66. The Bertz CT molecular complexity index is 147. The first-order valence-electron chi connectivity index (χ1n) is 1.92. The smallest absolute Gasteiger partial charge is 0.159 e. The van der Waals surface area contributed by atoms with Gasteiger partial charge in [-0.1, -0.05) is 6.07 Å². The van der Waals surface area contributed by atoms with E-state index in [2.05, 4.69) is 0 Å². The highest BCUT2D eigenvalue weighted by Gasteiger charge is 1.82. The molecule has 1 heterocycles. The molecule has 0 amide bonds. The quantitative estimate of drug-likeness (QED) is 0.404. The molecular weight excluding hydrogens is 119 g/mol. The van der Waals surface area contributed by atoms with Gasteiger partial charge in [0.25, 0.3) is 0 Å². The summed E-state index contributed by atoms with van der Waals surface area (Å²) in [4.78, 5) is 10.7. The molecule has 0 fully saturated rings. The van der Waals surface area contributed by atoms with Crippen molar-refractivity contribution in [2.24, 2.45) is 0 Å². The van der Waals surface area contributed by atoms with Crippen LogP contribution in [0.3, 0.4) is 0 Å². The Kier molecular flexibility index (Phi) is 3.20. The van der Waals surface area contributed by atoms with E-state index in [9.17, 15) is 4.79 Å². The molecule has 0 saturated heterocycles. The molecule has 1 rings (SSSR count). The van der Waals surface area contributed by atoms with Gasteiger partial charge in [-0.25, -0.2) is 0 Å². The van der Waals surface area contributed by atoms with Crippen LogP contribution in [0.4, 0.5) is 0 Å². The molecule has 39 valence electrons. The summed E-state index contributed by atoms with van der Waals surface area (Å²) in [5.41, 5.74) is 0. The first kappa shape index (κ1) is 7.43. The van der Waals surface area contributed by atoms with Gasteiger partial charge in [-0.3, -0.25) is 4.79 Å². The Morgan fingerprint density at radius 1 is 1.62 bits per heavy atom. The van der Waals surface area contributed by atoms with Crippen LogP contribution in [0.25, 0.3) is 0 Å². The van der Waals surface area contributed by atoms with Crippen molar-refractivity contribution >= 4 is 26.0 Å². The maximum Gasteiger partial charge on any atom is 0.159 e. The average Bonchev–Trinajstić information content (AvgIpc) is 2.14. The molecular formula is C5H4BOS. The molecule has 1 aromatic heterocycles. The minimum absolute atomic E-state index is 0. The Labute approximate surface area is 53.9 Å². The van der Waals surface area contributed by atoms with Crippen molar-refractivity contribution in [1.29, 1.82) is 0 Å². The monoisotopic (exact) mass is 123 g/mol. The van der Waals surface area contributed by atoms with Gasteiger partial charge in [-0.15, -0.1) is 11.3 Å². The molecule has 0 aliphatic heterocycles. The summed E-state index contributed by atoms with van der Waals surface area (Å²) in [6, 6.07) is 3.64. The molecule has 0 bridgehead atoms. The van der Waals surface area contributed by atoms with Crippen molar-refractivity contribution in [2.45, 2.75) is 0 Å². The summed E-state index contributed by atoms with van der Waals surface area (Å²) in [6.07, 6.45) is 0.852. The largest absolute Gasteiger partial charge is 0.297 e. The van der Waals surface area contributed by atoms with Crippen molar-refractivity contribution in [2.75, 3.05) is 0 Å². The predicted octanol–water partition coefficient (Wildman–Crippen LogP) is 1.18. The van der Waals surface area contributed by atoms with Crippen molar-refractivity contribution in [1.82, 2.24) is 0 Å². The zero-order chi connectivity index (χ0) is 5.11. The van der Waals surface area contributed by atoms with Crippen LogP contribution in [-0.4, -0.2) is 14.7 Å². The van der Waals surface area contributed by atoms with E-state index in [0.717, 1.165) is 11.2 Å². The topological polar surface area (TPSA) is 17.1 Å². The molecule has 1 aromatic rings. The van der Waals surface area contributed by atoms with Gasteiger partial charge in [-0.05, 0) is 11.4 Å². The molecule has 0 aliphatic rings. The fraction of sp³-hybridized carbons (Fsp3) is 0. The third kappa shape index (κ3) is 1.50. The van der Waals surface area contributed by atoms with Gasteiger partial charge < -0.3 is 0 Å². The van der Waals surface area contributed by atoms with E-state index in [-0.39, 0.29) is 8.41 Å². The summed E-state index contributed by atoms with van der Waals surface area (Å²) < 4.78 is 0. The summed E-state index contributed by atoms with van der Waals surface area (Å²) in [7, 11) is 0. The Hall–Kier alpha value is -0.565. The zero-order valence-electron chi connectivity index (χ0n) is 4.20. The standard InChI is InChI=1S/C5H4OS.B/c6-4-5-2-1-3-7-5;/h1-4H;. The van der Waals surface area contributed by atoms with Crippen molar-refractivity contribution in [3.8, 4) is 0 Å². The number of carbonyl (C=O) groups is 1. The SMILES string of the molecule is O=Cc1cccs1.[B]. The second kappa shape index (κ2) is 3.44. The lowest BCUT2D eigenvalue weighted by molar-refractivity contribution is 0.112. The lowest BCUT2D eigenvalue weighted by atomic mass is 10.5.